The van der Waals surface area contributed by atoms with E-state index in [-0.39, 0.29) is 11.0 Å². The van der Waals surface area contributed by atoms with Crippen LogP contribution in [0.1, 0.15) is 33.3 Å². The van der Waals surface area contributed by atoms with E-state index in [1.807, 2.05) is 0 Å². The molecule has 0 aliphatic carbocycles. The Hall–Kier alpha value is -1.13. The average Bonchev–Trinajstić information content (AvgIpc) is 2.24. The number of nitrogens with one attached hydrogen (secondary N) is 3. The molecule has 1 heterocycles. The molecule has 1 rings (SSSR count). The molecule has 17 heavy (non-hydrogen) atoms. The molecule has 1 aromatic rings. The Kier molecular flexibility index (Phi) is 4.90. The topological polar surface area (TPSA) is 56.9 Å². The van der Waals surface area contributed by atoms with Crippen LogP contribution in [0.3, 0.4) is 0 Å². The summed E-state index contributed by atoms with van der Waals surface area (Å²) < 4.78 is 0. The van der Waals surface area contributed by atoms with Gasteiger partial charge in [0.15, 0.2) is 5.43 Å². The van der Waals surface area contributed by atoms with Gasteiger partial charge in [-0.15, -0.1) is 0 Å². The SMILES string of the molecule is CC(CNC(C)(C)C)NCc1c[nH]ccc1=O. The monoisotopic (exact) mass is 237 g/mol. The highest BCUT2D eigenvalue weighted by atomic mass is 16.1. The van der Waals surface area contributed by atoms with E-state index < -0.39 is 0 Å². The molecule has 4 heteroatoms. The van der Waals surface area contributed by atoms with Crippen molar-refractivity contribution in [1.29, 1.82) is 0 Å². The lowest BCUT2D eigenvalue weighted by Gasteiger charge is -2.24. The van der Waals surface area contributed by atoms with Crippen molar-refractivity contribution >= 4 is 0 Å². The van der Waals surface area contributed by atoms with Crippen molar-refractivity contribution in [2.24, 2.45) is 0 Å². The highest BCUT2D eigenvalue weighted by Crippen LogP contribution is 1.98. The van der Waals surface area contributed by atoms with E-state index in [0.717, 1.165) is 12.1 Å². The summed E-state index contributed by atoms with van der Waals surface area (Å²) in [5.74, 6) is 0. The fraction of sp³-hybridized carbons (Fsp3) is 0.615. The summed E-state index contributed by atoms with van der Waals surface area (Å²) in [5.41, 5.74) is 0.975. The van der Waals surface area contributed by atoms with Gasteiger partial charge in [-0.05, 0) is 27.7 Å². The maximum atomic E-state index is 11.5. The van der Waals surface area contributed by atoms with Gasteiger partial charge < -0.3 is 15.6 Å². The maximum absolute atomic E-state index is 11.5. The number of pyridine rings is 1. The van der Waals surface area contributed by atoms with Gasteiger partial charge in [0.1, 0.15) is 0 Å². The van der Waals surface area contributed by atoms with Gasteiger partial charge in [0, 0.05) is 48.7 Å². The Morgan fingerprint density at radius 1 is 1.41 bits per heavy atom. The zero-order valence-electron chi connectivity index (χ0n) is 11.1. The summed E-state index contributed by atoms with van der Waals surface area (Å²) in [4.78, 5) is 14.4. The van der Waals surface area contributed by atoms with Crippen molar-refractivity contribution < 1.29 is 0 Å². The summed E-state index contributed by atoms with van der Waals surface area (Å²) in [5, 5.41) is 6.75. The van der Waals surface area contributed by atoms with Gasteiger partial charge in [-0.2, -0.15) is 0 Å². The molecule has 0 amide bonds. The Balaban J connectivity index is 2.36. The summed E-state index contributed by atoms with van der Waals surface area (Å²) in [6, 6.07) is 1.88. The van der Waals surface area contributed by atoms with E-state index in [0.29, 0.717) is 12.6 Å². The predicted octanol–water partition coefficient (Wildman–Crippen LogP) is 1.24. The van der Waals surface area contributed by atoms with Crippen LogP contribution in [0.15, 0.2) is 23.3 Å². The Morgan fingerprint density at radius 3 is 2.71 bits per heavy atom. The molecular weight excluding hydrogens is 214 g/mol. The second-order valence-corrected chi connectivity index (χ2v) is 5.45. The molecule has 0 fully saturated rings. The number of hydrogen-bond acceptors (Lipinski definition) is 3. The summed E-state index contributed by atoms with van der Waals surface area (Å²) in [6.07, 6.45) is 3.40. The molecule has 96 valence electrons. The van der Waals surface area contributed by atoms with Crippen molar-refractivity contribution in [2.75, 3.05) is 6.54 Å². The van der Waals surface area contributed by atoms with Gasteiger partial charge in [0.05, 0.1) is 0 Å². The molecule has 0 aromatic carbocycles. The Morgan fingerprint density at radius 2 is 2.12 bits per heavy atom. The van der Waals surface area contributed by atoms with Crippen molar-refractivity contribution in [3.05, 3.63) is 34.2 Å². The van der Waals surface area contributed by atoms with Gasteiger partial charge in [-0.1, -0.05) is 0 Å². The molecule has 0 aliphatic heterocycles. The van der Waals surface area contributed by atoms with Crippen molar-refractivity contribution in [3.8, 4) is 0 Å². The third kappa shape index (κ3) is 5.65. The first kappa shape index (κ1) is 13.9. The lowest BCUT2D eigenvalue weighted by atomic mass is 10.1. The maximum Gasteiger partial charge on any atom is 0.186 e. The van der Waals surface area contributed by atoms with Crippen LogP contribution < -0.4 is 16.1 Å². The second-order valence-electron chi connectivity index (χ2n) is 5.45. The number of rotatable bonds is 5. The highest BCUT2D eigenvalue weighted by Gasteiger charge is 2.10. The van der Waals surface area contributed by atoms with Crippen LogP contribution >= 0.6 is 0 Å². The highest BCUT2D eigenvalue weighted by molar-refractivity contribution is 5.08. The largest absolute Gasteiger partial charge is 0.367 e. The summed E-state index contributed by atoms with van der Waals surface area (Å²) >= 11 is 0. The van der Waals surface area contributed by atoms with E-state index in [2.05, 4.69) is 43.3 Å². The van der Waals surface area contributed by atoms with E-state index >= 15 is 0 Å². The van der Waals surface area contributed by atoms with Crippen molar-refractivity contribution in [3.63, 3.8) is 0 Å². The van der Waals surface area contributed by atoms with Crippen LogP contribution in [0.4, 0.5) is 0 Å². The number of aromatic amines is 1. The van der Waals surface area contributed by atoms with Gasteiger partial charge in [0.25, 0.3) is 0 Å². The average molecular weight is 237 g/mol. The van der Waals surface area contributed by atoms with Crippen LogP contribution in [0.2, 0.25) is 0 Å². The van der Waals surface area contributed by atoms with E-state index in [9.17, 15) is 4.79 Å². The first-order chi connectivity index (χ1) is 7.88. The molecule has 0 bridgehead atoms. The van der Waals surface area contributed by atoms with Gasteiger partial charge in [-0.25, -0.2) is 0 Å². The van der Waals surface area contributed by atoms with Crippen LogP contribution in [-0.2, 0) is 6.54 Å². The molecule has 0 spiro atoms. The molecule has 0 radical (unpaired) electrons. The Labute approximate surface area is 103 Å². The third-order valence-corrected chi connectivity index (χ3v) is 2.48. The van der Waals surface area contributed by atoms with E-state index in [1.165, 1.54) is 0 Å². The molecule has 4 nitrogen and oxygen atoms in total. The van der Waals surface area contributed by atoms with Crippen LogP contribution in [0, 0.1) is 0 Å². The minimum Gasteiger partial charge on any atom is -0.367 e. The standard InChI is InChI=1S/C13H23N3O/c1-10(7-16-13(2,3)4)15-9-11-8-14-6-5-12(11)17/h5-6,8,10,15-16H,7,9H2,1-4H3,(H,14,17). The minimum absolute atomic E-state index is 0.0761. The smallest absolute Gasteiger partial charge is 0.186 e. The Bertz CT molecular complexity index is 392. The molecule has 1 unspecified atom stereocenters. The number of aromatic nitrogens is 1. The molecule has 1 aromatic heterocycles. The zero-order valence-corrected chi connectivity index (χ0v) is 11.1. The lowest BCUT2D eigenvalue weighted by Crippen LogP contribution is -2.44. The number of hydrogen-bond donors (Lipinski definition) is 3. The van der Waals surface area contributed by atoms with E-state index in [4.69, 9.17) is 0 Å². The van der Waals surface area contributed by atoms with Crippen molar-refractivity contribution in [1.82, 2.24) is 15.6 Å². The quantitative estimate of drug-likeness (QED) is 0.722. The fourth-order valence-electron chi connectivity index (χ4n) is 1.40. The normalized spacial score (nSPS) is 13.6. The second kappa shape index (κ2) is 5.98. The fourth-order valence-corrected chi connectivity index (χ4v) is 1.40. The number of H-pyrrole nitrogens is 1. The van der Waals surface area contributed by atoms with Crippen LogP contribution in [0.25, 0.3) is 0 Å². The molecule has 0 aliphatic rings. The van der Waals surface area contributed by atoms with Crippen LogP contribution in [0.5, 0.6) is 0 Å². The van der Waals surface area contributed by atoms with Crippen LogP contribution in [-0.4, -0.2) is 23.1 Å². The van der Waals surface area contributed by atoms with Gasteiger partial charge >= 0.3 is 0 Å². The molecular formula is C13H23N3O. The molecule has 3 N–H and O–H groups in total. The first-order valence-corrected chi connectivity index (χ1v) is 6.03. The molecule has 0 saturated heterocycles. The summed E-state index contributed by atoms with van der Waals surface area (Å²) in [7, 11) is 0. The van der Waals surface area contributed by atoms with Gasteiger partial charge in [-0.3, -0.25) is 4.79 Å². The lowest BCUT2D eigenvalue weighted by molar-refractivity contribution is 0.387. The zero-order chi connectivity index (χ0) is 12.9. The third-order valence-electron chi connectivity index (χ3n) is 2.48. The van der Waals surface area contributed by atoms with Crippen molar-refractivity contribution in [2.45, 2.75) is 45.8 Å². The predicted molar refractivity (Wildman–Crippen MR) is 71.1 cm³/mol. The molecule has 0 saturated carbocycles. The van der Waals surface area contributed by atoms with Gasteiger partial charge in [0.2, 0.25) is 0 Å². The first-order valence-electron chi connectivity index (χ1n) is 6.03. The molecule has 1 atom stereocenters. The minimum atomic E-state index is 0.0761. The van der Waals surface area contributed by atoms with E-state index in [1.54, 1.807) is 18.5 Å². The summed E-state index contributed by atoms with van der Waals surface area (Å²) in [6.45, 7) is 10.0.